The van der Waals surface area contributed by atoms with Crippen molar-refractivity contribution in [3.05, 3.63) is 29.6 Å². The van der Waals surface area contributed by atoms with Crippen molar-refractivity contribution in [2.75, 3.05) is 5.32 Å². The fourth-order valence-electron chi connectivity index (χ4n) is 1.89. The van der Waals surface area contributed by atoms with Gasteiger partial charge in [0, 0.05) is 17.3 Å². The van der Waals surface area contributed by atoms with Crippen LogP contribution in [0.5, 0.6) is 0 Å². The van der Waals surface area contributed by atoms with Gasteiger partial charge in [0.2, 0.25) is 5.91 Å². The van der Waals surface area contributed by atoms with Gasteiger partial charge in [0.15, 0.2) is 0 Å². The van der Waals surface area contributed by atoms with Gasteiger partial charge < -0.3 is 5.32 Å². The molecule has 2 aliphatic rings. The quantitative estimate of drug-likeness (QED) is 0.771. The predicted molar refractivity (Wildman–Crippen MR) is 53.9 cm³/mol. The molecular weight excluding hydrogens is 195 g/mol. The van der Waals surface area contributed by atoms with E-state index >= 15 is 0 Å². The normalized spacial score (nSPS) is 23.8. The number of fused-ring (bicyclic) bond motifs is 1. The zero-order chi connectivity index (χ0) is 10.4. The van der Waals surface area contributed by atoms with Gasteiger partial charge in [-0.1, -0.05) is 6.07 Å². The van der Waals surface area contributed by atoms with Gasteiger partial charge in [0.1, 0.15) is 11.9 Å². The maximum absolute atomic E-state index is 12.9. The van der Waals surface area contributed by atoms with Crippen molar-refractivity contribution in [3.8, 4) is 0 Å². The van der Waals surface area contributed by atoms with E-state index in [1.807, 2.05) is 0 Å². The highest BCUT2D eigenvalue weighted by molar-refractivity contribution is 6.02. The summed E-state index contributed by atoms with van der Waals surface area (Å²) in [5.74, 6) is -0.399. The Hall–Kier alpha value is -1.42. The second-order valence-corrected chi connectivity index (χ2v) is 4.09. The first-order valence-electron chi connectivity index (χ1n) is 5.10. The summed E-state index contributed by atoms with van der Waals surface area (Å²) in [4.78, 5) is 11.6. The maximum Gasteiger partial charge on any atom is 0.246 e. The standard InChI is InChI=1S/C11H11FN2O/c12-6-1-4-8-9(5-6)14-11(15)10(8)13-7-2-3-7/h1,4-5,7,10,13H,2-3H2,(H,14,15). The molecule has 0 aromatic heterocycles. The van der Waals surface area contributed by atoms with Crippen LogP contribution in [-0.4, -0.2) is 11.9 Å². The first-order valence-corrected chi connectivity index (χ1v) is 5.10. The molecule has 1 saturated carbocycles. The van der Waals surface area contributed by atoms with Gasteiger partial charge in [0.05, 0.1) is 0 Å². The third-order valence-electron chi connectivity index (χ3n) is 2.83. The Morgan fingerprint density at radius 3 is 2.93 bits per heavy atom. The highest BCUT2D eigenvalue weighted by atomic mass is 19.1. The molecule has 1 aromatic rings. The van der Waals surface area contributed by atoms with Crippen LogP contribution in [0.2, 0.25) is 0 Å². The van der Waals surface area contributed by atoms with Crippen LogP contribution in [0.1, 0.15) is 24.4 Å². The van der Waals surface area contributed by atoms with Crippen LogP contribution in [0, 0.1) is 5.82 Å². The molecule has 1 aliphatic heterocycles. The lowest BCUT2D eigenvalue weighted by molar-refractivity contribution is -0.117. The molecule has 3 rings (SSSR count). The molecule has 15 heavy (non-hydrogen) atoms. The zero-order valence-corrected chi connectivity index (χ0v) is 8.09. The molecule has 1 fully saturated rings. The van der Waals surface area contributed by atoms with Gasteiger partial charge in [-0.15, -0.1) is 0 Å². The minimum absolute atomic E-state index is 0.0810. The van der Waals surface area contributed by atoms with E-state index in [0.717, 1.165) is 18.4 Å². The summed E-state index contributed by atoms with van der Waals surface area (Å²) in [5.41, 5.74) is 1.45. The summed E-state index contributed by atoms with van der Waals surface area (Å²) in [7, 11) is 0. The number of carbonyl (C=O) groups excluding carboxylic acids is 1. The average Bonchev–Trinajstić information content (AvgIpc) is 2.93. The number of hydrogen-bond acceptors (Lipinski definition) is 2. The van der Waals surface area contributed by atoms with E-state index in [1.54, 1.807) is 6.07 Å². The Bertz CT molecular complexity index is 429. The number of nitrogens with one attached hydrogen (secondary N) is 2. The number of anilines is 1. The minimum atomic E-state index is -0.318. The second-order valence-electron chi connectivity index (χ2n) is 4.09. The molecule has 1 heterocycles. The molecule has 1 aromatic carbocycles. The number of benzene rings is 1. The largest absolute Gasteiger partial charge is 0.324 e. The maximum atomic E-state index is 12.9. The monoisotopic (exact) mass is 206 g/mol. The second kappa shape index (κ2) is 3.03. The Morgan fingerprint density at radius 2 is 2.20 bits per heavy atom. The molecule has 0 spiro atoms. The Morgan fingerprint density at radius 1 is 1.40 bits per heavy atom. The summed E-state index contributed by atoms with van der Waals surface area (Å²) in [5, 5.41) is 5.92. The van der Waals surface area contributed by atoms with E-state index in [0.29, 0.717) is 11.7 Å². The SMILES string of the molecule is O=C1Nc2cc(F)ccc2C1NC1CC1. The summed E-state index contributed by atoms with van der Waals surface area (Å²) >= 11 is 0. The van der Waals surface area contributed by atoms with E-state index in [1.165, 1.54) is 12.1 Å². The molecule has 1 amide bonds. The van der Waals surface area contributed by atoms with Crippen molar-refractivity contribution in [1.82, 2.24) is 5.32 Å². The van der Waals surface area contributed by atoms with Crippen LogP contribution in [-0.2, 0) is 4.79 Å². The highest BCUT2D eigenvalue weighted by Gasteiger charge is 2.35. The van der Waals surface area contributed by atoms with E-state index in [4.69, 9.17) is 0 Å². The molecule has 1 aliphatic carbocycles. The number of carbonyl (C=O) groups is 1. The van der Waals surface area contributed by atoms with Crippen molar-refractivity contribution >= 4 is 11.6 Å². The Balaban J connectivity index is 1.93. The summed E-state index contributed by atoms with van der Waals surface area (Å²) < 4.78 is 12.9. The van der Waals surface area contributed by atoms with Crippen LogP contribution < -0.4 is 10.6 Å². The van der Waals surface area contributed by atoms with Crippen molar-refractivity contribution in [3.63, 3.8) is 0 Å². The van der Waals surface area contributed by atoms with E-state index in [9.17, 15) is 9.18 Å². The van der Waals surface area contributed by atoms with Crippen molar-refractivity contribution in [2.24, 2.45) is 0 Å². The smallest absolute Gasteiger partial charge is 0.246 e. The van der Waals surface area contributed by atoms with Crippen LogP contribution in [0.4, 0.5) is 10.1 Å². The molecular formula is C11H11FN2O. The van der Waals surface area contributed by atoms with Gasteiger partial charge >= 0.3 is 0 Å². The van der Waals surface area contributed by atoms with Gasteiger partial charge in [-0.05, 0) is 25.0 Å². The minimum Gasteiger partial charge on any atom is -0.324 e. The van der Waals surface area contributed by atoms with Crippen molar-refractivity contribution in [2.45, 2.75) is 24.9 Å². The van der Waals surface area contributed by atoms with E-state index < -0.39 is 0 Å². The topological polar surface area (TPSA) is 41.1 Å². The van der Waals surface area contributed by atoms with E-state index in [-0.39, 0.29) is 17.8 Å². The zero-order valence-electron chi connectivity index (χ0n) is 8.09. The number of rotatable bonds is 2. The van der Waals surface area contributed by atoms with Crippen LogP contribution in [0.15, 0.2) is 18.2 Å². The molecule has 1 atom stereocenters. The summed E-state index contributed by atoms with van der Waals surface area (Å²) in [6, 6.07) is 4.58. The third-order valence-corrected chi connectivity index (χ3v) is 2.83. The van der Waals surface area contributed by atoms with Gasteiger partial charge in [0.25, 0.3) is 0 Å². The third kappa shape index (κ3) is 1.51. The van der Waals surface area contributed by atoms with Crippen molar-refractivity contribution < 1.29 is 9.18 Å². The summed E-state index contributed by atoms with van der Waals surface area (Å²) in [6.45, 7) is 0. The predicted octanol–water partition coefficient (Wildman–Crippen LogP) is 1.57. The lowest BCUT2D eigenvalue weighted by Gasteiger charge is -2.09. The molecule has 1 unspecified atom stereocenters. The van der Waals surface area contributed by atoms with Gasteiger partial charge in [-0.3, -0.25) is 10.1 Å². The van der Waals surface area contributed by atoms with Crippen molar-refractivity contribution in [1.29, 1.82) is 0 Å². The van der Waals surface area contributed by atoms with Crippen LogP contribution in [0.25, 0.3) is 0 Å². The lowest BCUT2D eigenvalue weighted by atomic mass is 10.1. The summed E-state index contributed by atoms with van der Waals surface area (Å²) in [6.07, 6.45) is 2.25. The fourth-order valence-corrected chi connectivity index (χ4v) is 1.89. The van der Waals surface area contributed by atoms with Gasteiger partial charge in [-0.25, -0.2) is 4.39 Å². The lowest BCUT2D eigenvalue weighted by Crippen LogP contribution is -2.29. The Labute approximate surface area is 86.7 Å². The number of halogens is 1. The highest BCUT2D eigenvalue weighted by Crippen LogP contribution is 2.33. The fraction of sp³-hybridized carbons (Fsp3) is 0.364. The molecule has 3 nitrogen and oxygen atoms in total. The molecule has 0 radical (unpaired) electrons. The molecule has 2 N–H and O–H groups in total. The van der Waals surface area contributed by atoms with Gasteiger partial charge in [-0.2, -0.15) is 0 Å². The number of amides is 1. The molecule has 0 saturated heterocycles. The van der Waals surface area contributed by atoms with Crippen LogP contribution >= 0.6 is 0 Å². The molecule has 78 valence electrons. The number of hydrogen-bond donors (Lipinski definition) is 2. The van der Waals surface area contributed by atoms with Crippen LogP contribution in [0.3, 0.4) is 0 Å². The first kappa shape index (κ1) is 8.85. The average molecular weight is 206 g/mol. The molecule has 4 heteroatoms. The first-order chi connectivity index (χ1) is 7.24. The molecule has 0 bridgehead atoms. The van der Waals surface area contributed by atoms with E-state index in [2.05, 4.69) is 10.6 Å². The Kier molecular flexibility index (Phi) is 1.79.